The number of dihydropyridines is 1. The van der Waals surface area contributed by atoms with Gasteiger partial charge in [0.1, 0.15) is 18.3 Å². The van der Waals surface area contributed by atoms with Gasteiger partial charge >= 0.3 is 17.6 Å². The largest absolute Gasteiger partial charge is 0.496 e. The highest BCUT2D eigenvalue weighted by molar-refractivity contribution is 6.13. The summed E-state index contributed by atoms with van der Waals surface area (Å²) < 4.78 is 22.4. The van der Waals surface area contributed by atoms with Crippen LogP contribution in [0.2, 0.25) is 0 Å². The molecule has 0 fully saturated rings. The second-order valence-electron chi connectivity index (χ2n) is 11.1. The molecule has 11 heteroatoms. The summed E-state index contributed by atoms with van der Waals surface area (Å²) in [7, 11) is 1.49. The fourth-order valence-corrected chi connectivity index (χ4v) is 6.34. The second kappa shape index (κ2) is 14.3. The molecule has 0 aromatic heterocycles. The van der Waals surface area contributed by atoms with Crippen molar-refractivity contribution in [3.63, 3.8) is 0 Å². The molecule has 47 heavy (non-hydrogen) atoms. The first-order chi connectivity index (χ1) is 22.7. The molecule has 3 aromatic carbocycles. The molecule has 0 saturated heterocycles. The van der Waals surface area contributed by atoms with Gasteiger partial charge in [-0.2, -0.15) is 0 Å². The summed E-state index contributed by atoms with van der Waals surface area (Å²) in [5.74, 6) is -3.69. The van der Waals surface area contributed by atoms with Gasteiger partial charge in [-0.1, -0.05) is 48.5 Å². The predicted octanol–water partition coefficient (Wildman–Crippen LogP) is 5.90. The van der Waals surface area contributed by atoms with Crippen molar-refractivity contribution in [3.05, 3.63) is 122 Å². The van der Waals surface area contributed by atoms with Crippen LogP contribution in [0.5, 0.6) is 11.5 Å². The van der Waals surface area contributed by atoms with Crippen LogP contribution in [0.4, 0.5) is 5.69 Å². The van der Waals surface area contributed by atoms with Crippen LogP contribution in [0.15, 0.2) is 95.3 Å². The maximum absolute atomic E-state index is 14.6. The fraction of sp³-hybridized carbons (Fsp3) is 0.306. The van der Waals surface area contributed by atoms with Gasteiger partial charge in [0.05, 0.1) is 30.8 Å². The number of allylic oxidation sites excluding steroid dienone is 3. The number of Topliss-reactive ketones (excluding diaryl/α,β-unsaturated/α-hetero) is 1. The van der Waals surface area contributed by atoms with E-state index in [1.165, 1.54) is 19.2 Å². The van der Waals surface area contributed by atoms with Gasteiger partial charge in [-0.25, -0.2) is 4.79 Å². The first-order valence-electron chi connectivity index (χ1n) is 15.4. The van der Waals surface area contributed by atoms with E-state index in [0.717, 1.165) is 5.56 Å². The molecule has 0 radical (unpaired) electrons. The average Bonchev–Trinajstić information content (AvgIpc) is 3.07. The molecule has 3 aromatic rings. The van der Waals surface area contributed by atoms with Crippen molar-refractivity contribution in [1.82, 2.24) is 5.32 Å². The highest BCUT2D eigenvalue weighted by atomic mass is 16.6. The van der Waals surface area contributed by atoms with Crippen LogP contribution >= 0.6 is 0 Å². The molecule has 0 amide bonds. The Morgan fingerprint density at radius 3 is 2.32 bits per heavy atom. The Bertz CT molecular complexity index is 1760. The average molecular weight is 641 g/mol. The summed E-state index contributed by atoms with van der Waals surface area (Å²) in [6.07, 6.45) is 0.322. The first-order valence-corrected chi connectivity index (χ1v) is 15.4. The number of nitro groups is 1. The minimum absolute atomic E-state index is 0.0754. The Hall–Kier alpha value is -5.45. The van der Waals surface area contributed by atoms with E-state index in [-0.39, 0.29) is 42.4 Å². The van der Waals surface area contributed by atoms with Gasteiger partial charge in [-0.15, -0.1) is 0 Å². The lowest BCUT2D eigenvalue weighted by molar-refractivity contribution is -0.385. The van der Waals surface area contributed by atoms with Crippen LogP contribution in [0.25, 0.3) is 0 Å². The normalized spacial score (nSPS) is 19.0. The smallest absolute Gasteiger partial charge is 0.336 e. The third-order valence-corrected chi connectivity index (χ3v) is 8.37. The highest BCUT2D eigenvalue weighted by Gasteiger charge is 2.49. The van der Waals surface area contributed by atoms with E-state index in [1.807, 2.05) is 30.3 Å². The zero-order valence-electron chi connectivity index (χ0n) is 26.6. The van der Waals surface area contributed by atoms with E-state index >= 15 is 0 Å². The fourth-order valence-electron chi connectivity index (χ4n) is 6.34. The molecule has 11 nitrogen and oxygen atoms in total. The molecule has 0 bridgehead atoms. The summed E-state index contributed by atoms with van der Waals surface area (Å²) >= 11 is 0. The number of methoxy groups -OCH3 is 1. The Morgan fingerprint density at radius 1 is 0.936 bits per heavy atom. The molecule has 1 aliphatic carbocycles. The Balaban J connectivity index is 1.64. The maximum Gasteiger partial charge on any atom is 0.336 e. The van der Waals surface area contributed by atoms with Crippen molar-refractivity contribution in [1.29, 1.82) is 0 Å². The molecule has 1 N–H and O–H groups in total. The van der Waals surface area contributed by atoms with Crippen LogP contribution in [-0.2, 0) is 30.5 Å². The van der Waals surface area contributed by atoms with Gasteiger partial charge in [-0.3, -0.25) is 19.7 Å². The number of carbonyl (C=O) groups excluding carboxylic acids is 3. The summed E-state index contributed by atoms with van der Waals surface area (Å²) in [5.41, 5.74) is 3.35. The number of nitrogens with zero attached hydrogens (tertiary/aromatic N) is 1. The summed E-state index contributed by atoms with van der Waals surface area (Å²) in [5, 5.41) is 14.9. The number of esters is 2. The SMILES string of the molecule is CCOC(=O)C1=C(C)NC2=C(C(=O)[C@@H](C(=O)OCC)[C@@H](c3ccccc3)C2)[C@@H]1c1ccc(OC)c(COc2ccccc2[N+](=O)[O-])c1. The van der Waals surface area contributed by atoms with Gasteiger partial charge in [0.2, 0.25) is 0 Å². The number of benzene rings is 3. The van der Waals surface area contributed by atoms with Gasteiger partial charge in [0, 0.05) is 40.4 Å². The Kier molecular flexibility index (Phi) is 10.0. The van der Waals surface area contributed by atoms with E-state index in [2.05, 4.69) is 5.32 Å². The van der Waals surface area contributed by atoms with E-state index in [0.29, 0.717) is 34.7 Å². The first kappa shape index (κ1) is 32.9. The van der Waals surface area contributed by atoms with Gasteiger partial charge in [-0.05, 0) is 56.5 Å². The van der Waals surface area contributed by atoms with Crippen LogP contribution in [0.1, 0.15) is 55.7 Å². The molecule has 244 valence electrons. The van der Waals surface area contributed by atoms with Crippen molar-refractivity contribution in [2.45, 2.75) is 45.6 Å². The van der Waals surface area contributed by atoms with Crippen LogP contribution in [0, 0.1) is 16.0 Å². The molecule has 0 saturated carbocycles. The van der Waals surface area contributed by atoms with E-state index in [9.17, 15) is 24.5 Å². The highest BCUT2D eigenvalue weighted by Crippen LogP contribution is 2.48. The summed E-state index contributed by atoms with van der Waals surface area (Å²) in [6.45, 7) is 5.25. The maximum atomic E-state index is 14.6. The number of para-hydroxylation sites is 2. The molecule has 2 aliphatic rings. The number of rotatable bonds is 11. The molecular weight excluding hydrogens is 604 g/mol. The topological polar surface area (TPSA) is 143 Å². The van der Waals surface area contributed by atoms with Crippen molar-refractivity contribution < 1.29 is 38.3 Å². The van der Waals surface area contributed by atoms with Crippen LogP contribution in [0.3, 0.4) is 0 Å². The lowest BCUT2D eigenvalue weighted by atomic mass is 9.67. The van der Waals surface area contributed by atoms with Gasteiger partial charge in [0.25, 0.3) is 0 Å². The number of hydrogen-bond donors (Lipinski definition) is 1. The Morgan fingerprint density at radius 2 is 1.64 bits per heavy atom. The third kappa shape index (κ3) is 6.60. The number of ketones is 1. The Labute approximate surface area is 272 Å². The molecular formula is C36H36N2O9. The lowest BCUT2D eigenvalue weighted by Gasteiger charge is -2.39. The van der Waals surface area contributed by atoms with Crippen LogP contribution < -0.4 is 14.8 Å². The molecule has 0 unspecified atom stereocenters. The monoisotopic (exact) mass is 640 g/mol. The third-order valence-electron chi connectivity index (χ3n) is 8.37. The second-order valence-corrected chi connectivity index (χ2v) is 11.1. The predicted molar refractivity (Wildman–Crippen MR) is 172 cm³/mol. The number of carbonyl (C=O) groups is 3. The van der Waals surface area contributed by atoms with Crippen molar-refractivity contribution in [3.8, 4) is 11.5 Å². The lowest BCUT2D eigenvalue weighted by Crippen LogP contribution is -2.43. The van der Waals surface area contributed by atoms with Crippen molar-refractivity contribution in [2.24, 2.45) is 5.92 Å². The van der Waals surface area contributed by atoms with Gasteiger partial charge in [0.15, 0.2) is 11.5 Å². The molecule has 5 rings (SSSR count). The van der Waals surface area contributed by atoms with Crippen molar-refractivity contribution in [2.75, 3.05) is 20.3 Å². The van der Waals surface area contributed by atoms with Gasteiger partial charge < -0.3 is 24.3 Å². The molecule has 1 heterocycles. The minimum atomic E-state index is -1.14. The standard InChI is InChI=1S/C36H36N2O9/c1-5-45-35(40)30-21(3)37-26-19-25(22-12-8-7-9-13-22)32(36(41)46-6-2)34(39)33(26)31(30)23-16-17-28(44-4)24(18-23)20-47-29-15-11-10-14-27(29)38(42)43/h7-18,25,31-32,37H,5-6,19-20H2,1-4H3/t25-,31-,32+/m1/s1. The zero-order chi connectivity index (χ0) is 33.7. The summed E-state index contributed by atoms with van der Waals surface area (Å²) in [6, 6.07) is 20.6. The van der Waals surface area contributed by atoms with E-state index in [1.54, 1.807) is 51.1 Å². The zero-order valence-corrected chi connectivity index (χ0v) is 26.6. The molecule has 3 atom stereocenters. The number of nitrogens with one attached hydrogen (secondary N) is 1. The number of nitro benzene ring substituents is 1. The summed E-state index contributed by atoms with van der Waals surface area (Å²) in [4.78, 5) is 52.6. The number of hydrogen-bond acceptors (Lipinski definition) is 10. The quantitative estimate of drug-likeness (QED) is 0.117. The van der Waals surface area contributed by atoms with Crippen molar-refractivity contribution >= 4 is 23.4 Å². The minimum Gasteiger partial charge on any atom is -0.496 e. The molecule has 1 aliphatic heterocycles. The van der Waals surface area contributed by atoms with E-state index in [4.69, 9.17) is 18.9 Å². The number of ether oxygens (including phenoxy) is 4. The molecule has 0 spiro atoms. The van der Waals surface area contributed by atoms with E-state index < -0.39 is 40.4 Å². The van der Waals surface area contributed by atoms with Crippen LogP contribution in [-0.4, -0.2) is 43.0 Å².